The van der Waals surface area contributed by atoms with Crippen molar-refractivity contribution in [3.05, 3.63) is 343 Å². The molecule has 0 saturated heterocycles. The average molecular weight is 1440 g/mol. The van der Waals surface area contributed by atoms with Crippen LogP contribution in [0.15, 0.2) is 321 Å². The number of benzene rings is 19. The van der Waals surface area contributed by atoms with Crippen LogP contribution in [0.2, 0.25) is 0 Å². The van der Waals surface area contributed by atoms with Crippen molar-refractivity contribution in [1.82, 2.24) is 0 Å². The van der Waals surface area contributed by atoms with Gasteiger partial charge >= 0.3 is 0 Å². The third-order valence-electron chi connectivity index (χ3n) is 23.4. The van der Waals surface area contributed by atoms with Crippen molar-refractivity contribution in [2.45, 2.75) is 35.1 Å². The summed E-state index contributed by atoms with van der Waals surface area (Å²) in [5, 5.41) is 36.1. The van der Waals surface area contributed by atoms with E-state index in [2.05, 4.69) is 273 Å². The number of nitrogens with zero attached hydrogens (tertiary/aromatic N) is 1. The highest BCUT2D eigenvalue weighted by Crippen LogP contribution is 2.61. The fourth-order valence-corrected chi connectivity index (χ4v) is 18.9. The van der Waals surface area contributed by atoms with Crippen molar-refractivity contribution in [2.24, 2.45) is 11.3 Å². The zero-order valence-electron chi connectivity index (χ0n) is 60.2. The number of Topliss-reactive ketones (excluding diaryl/α,β-unsaturated/α-hetero) is 1. The van der Waals surface area contributed by atoms with Gasteiger partial charge in [0, 0.05) is 27.7 Å². The summed E-state index contributed by atoms with van der Waals surface area (Å²) in [5.41, 5.74) is 24.5. The van der Waals surface area contributed by atoms with Gasteiger partial charge in [-0.15, -0.1) is 4.91 Å². The number of ether oxygens (including phenoxy) is 1. The molecule has 21 aromatic rings. The molecular formula is C105H74N2O5. The van der Waals surface area contributed by atoms with Gasteiger partial charge in [0.1, 0.15) is 6.61 Å². The van der Waals surface area contributed by atoms with E-state index < -0.39 is 0 Å². The number of carbonyl (C=O) groups is 2. The molecular weight excluding hydrogens is 1370 g/mol. The van der Waals surface area contributed by atoms with Crippen LogP contribution in [0.25, 0.3) is 207 Å². The van der Waals surface area contributed by atoms with Crippen LogP contribution >= 0.6 is 0 Å². The van der Waals surface area contributed by atoms with Gasteiger partial charge in [-0.1, -0.05) is 320 Å². The highest BCUT2D eigenvalue weighted by molar-refractivity contribution is 6.62. The Morgan fingerprint density at radius 3 is 1.41 bits per heavy atom. The van der Waals surface area contributed by atoms with Gasteiger partial charge in [0.25, 0.3) is 6.47 Å². The predicted molar refractivity (Wildman–Crippen MR) is 474 cm³/mol. The molecule has 7 heteroatoms. The summed E-state index contributed by atoms with van der Waals surface area (Å²) < 4.78 is 5.02. The number of rotatable bonds is 10. The molecule has 2 N–H and O–H groups in total. The Morgan fingerprint density at radius 2 is 0.786 bits per heavy atom. The molecule has 3 aliphatic carbocycles. The molecule has 3 aliphatic rings. The number of allylic oxidation sites excluding steroid dienone is 4. The number of anilines is 1. The van der Waals surface area contributed by atoms with E-state index in [9.17, 15) is 14.5 Å². The molecule has 0 bridgehead atoms. The van der Waals surface area contributed by atoms with Gasteiger partial charge in [0.15, 0.2) is 16.9 Å². The standard InChI is InChI=1S/C48H26.C33H18O.C17H11NO2.C5H11NO2.2CH4/c1-3-11-27(12-4-1)41-39-26-37-33-18-8-7-17-32(33)34-19-10-20-35(44(34)37)45(39)43(28-13-5-2-6-14-28)47-36-24-23-30-22-21-29-15-9-16-31-25-38(48(41)47)46(36)42(30)40(29)31;34-33-28(19-8-3-1-4-9-19)31-24-17-16-22-15-14-21-12-7-13-23-18-25(30(24)27(22)26(21)23)32(31)29(33)20-10-5-2-6-11-20;18-17-13-7-3-6-12-10-4-1-2-5-11(10)14(16(12)13)8-15(17)20-9-19;1-5(2)3-4-8-6-7;;/h1-26H;1-18H;1-9H,18H2;5H,3-4H2,1-2H3;2*1H4. The molecule has 0 amide bonds. The molecule has 0 heterocycles. The van der Waals surface area contributed by atoms with Gasteiger partial charge in [-0.05, 0) is 238 Å². The minimum atomic E-state index is 0. The first-order valence-electron chi connectivity index (χ1n) is 37.6. The van der Waals surface area contributed by atoms with E-state index in [0.717, 1.165) is 61.7 Å². The maximum Gasteiger partial charge on any atom is 0.298 e. The van der Waals surface area contributed by atoms with Crippen molar-refractivity contribution in [3.63, 3.8) is 0 Å². The maximum absolute atomic E-state index is 14.1. The highest BCUT2D eigenvalue weighted by atomic mass is 16.7. The van der Waals surface area contributed by atoms with E-state index >= 15 is 0 Å². The lowest BCUT2D eigenvalue weighted by Crippen LogP contribution is -2.02. The second-order valence-corrected chi connectivity index (χ2v) is 29.6. The van der Waals surface area contributed by atoms with Crippen molar-refractivity contribution in [1.29, 1.82) is 0 Å². The minimum Gasteiger partial charge on any atom is -0.426 e. The molecule has 0 radical (unpaired) electrons. The Kier molecular flexibility index (Phi) is 16.4. The first kappa shape index (κ1) is 68.4. The third-order valence-corrected chi connectivity index (χ3v) is 23.4. The zero-order valence-corrected chi connectivity index (χ0v) is 60.2. The van der Waals surface area contributed by atoms with Crippen LogP contribution in [-0.4, -0.2) is 18.9 Å². The highest BCUT2D eigenvalue weighted by Gasteiger charge is 2.41. The van der Waals surface area contributed by atoms with E-state index in [-0.39, 0.29) is 20.6 Å². The van der Waals surface area contributed by atoms with Crippen LogP contribution in [0.5, 0.6) is 5.75 Å². The van der Waals surface area contributed by atoms with Gasteiger partial charge < -0.3 is 15.3 Å². The largest absolute Gasteiger partial charge is 0.426 e. The molecule has 0 unspecified atom stereocenters. The van der Waals surface area contributed by atoms with Gasteiger partial charge in [0.05, 0.1) is 5.69 Å². The van der Waals surface area contributed by atoms with Crippen LogP contribution in [-0.2, 0) is 14.4 Å². The van der Waals surface area contributed by atoms with E-state index in [1.807, 2.05) is 66.7 Å². The first-order valence-corrected chi connectivity index (χ1v) is 37.6. The van der Waals surface area contributed by atoms with E-state index in [1.54, 1.807) is 0 Å². The molecule has 0 atom stereocenters. The number of hydrogen-bond acceptors (Lipinski definition) is 7. The van der Waals surface area contributed by atoms with Gasteiger partial charge in [-0.25, -0.2) is 0 Å². The Bertz CT molecular complexity index is 7470. The van der Waals surface area contributed by atoms with Gasteiger partial charge in [-0.3, -0.25) is 9.59 Å². The topological polar surface area (TPSA) is 108 Å². The van der Waals surface area contributed by atoms with Crippen molar-refractivity contribution >= 4 is 180 Å². The molecule has 0 saturated carbocycles. The average Bonchev–Trinajstić information content (AvgIpc) is 1.51. The number of nitrogens with two attached hydrogens (primary N) is 1. The molecule has 534 valence electrons. The van der Waals surface area contributed by atoms with Crippen LogP contribution in [0.4, 0.5) is 5.69 Å². The number of ketones is 1. The van der Waals surface area contributed by atoms with Gasteiger partial charge in [0.2, 0.25) is 0 Å². The second kappa shape index (κ2) is 26.9. The summed E-state index contributed by atoms with van der Waals surface area (Å²) in [6.45, 7) is 4.98. The molecule has 21 aromatic carbocycles. The predicted octanol–water partition coefficient (Wildman–Crippen LogP) is 28.3. The fourth-order valence-electron chi connectivity index (χ4n) is 18.9. The third kappa shape index (κ3) is 10.1. The normalized spacial score (nSPS) is 12.6. The molecule has 7 nitrogen and oxygen atoms in total. The number of nitrogen functional groups attached to an aromatic ring is 1. The van der Waals surface area contributed by atoms with Crippen molar-refractivity contribution < 1.29 is 19.2 Å². The molecule has 24 rings (SSSR count). The Morgan fingerprint density at radius 1 is 0.321 bits per heavy atom. The van der Waals surface area contributed by atoms with Crippen molar-refractivity contribution in [2.75, 3.05) is 12.3 Å². The summed E-state index contributed by atoms with van der Waals surface area (Å²) in [4.78, 5) is 38.3. The first-order chi connectivity index (χ1) is 54.2. The lowest BCUT2D eigenvalue weighted by atomic mass is 9.84. The molecule has 0 aromatic heterocycles. The van der Waals surface area contributed by atoms with E-state index in [0.29, 0.717) is 30.4 Å². The van der Waals surface area contributed by atoms with E-state index in [4.69, 9.17) is 10.5 Å². The Labute approximate surface area is 647 Å². The lowest BCUT2D eigenvalue weighted by Gasteiger charge is -2.19. The van der Waals surface area contributed by atoms with Gasteiger partial charge in [-0.2, -0.15) is 0 Å². The monoisotopic (exact) mass is 1440 g/mol. The number of carbonyl (C=O) groups excluding carboxylic acids is 2. The van der Waals surface area contributed by atoms with Crippen molar-refractivity contribution in [3.8, 4) is 50.3 Å². The van der Waals surface area contributed by atoms with Crippen LogP contribution in [0, 0.1) is 10.8 Å². The lowest BCUT2D eigenvalue weighted by molar-refractivity contribution is -0.120. The molecule has 112 heavy (non-hydrogen) atoms. The van der Waals surface area contributed by atoms with Crippen LogP contribution in [0.1, 0.15) is 57.4 Å². The summed E-state index contributed by atoms with van der Waals surface area (Å²) in [6.07, 6.45) is 0.895. The zero-order chi connectivity index (χ0) is 73.6. The van der Waals surface area contributed by atoms with E-state index in [1.165, 1.54) is 174 Å². The Hall–Kier alpha value is -14.1. The fraction of sp³-hybridized carbons (Fsp3) is 0.0667. The minimum absolute atomic E-state index is 0. The SMILES string of the molecule is C.C.CC(C)CCON=O.Nc1c(OC=O)cc2c3c(cccc13)-c1ccccc1-2.O=C1C(c2ccccc2)=C2C(=C1c1ccccc1)c1cc3cccc4ccc5ccc2c1c5c43.c1ccc(-c2c3cc4c5ccccc5c5cccc(c3c(-c3ccccc3)c3c6ccc7ccc8cccc9cc(c23)c6c7c89)c54)cc1. The maximum atomic E-state index is 14.1. The number of fused-ring (bicyclic) bond motifs is 14. The summed E-state index contributed by atoms with van der Waals surface area (Å²) >= 11 is 0. The Balaban J connectivity index is 0.000000115. The molecule has 0 aliphatic heterocycles. The molecule has 0 fully saturated rings. The summed E-state index contributed by atoms with van der Waals surface area (Å²) in [5.74, 6) is 1.11. The number of hydrogen-bond donors (Lipinski definition) is 1. The smallest absolute Gasteiger partial charge is 0.298 e. The summed E-state index contributed by atoms with van der Waals surface area (Å²) in [7, 11) is 0. The van der Waals surface area contributed by atoms with Crippen LogP contribution < -0.4 is 10.5 Å². The molecule has 0 spiro atoms. The second-order valence-electron chi connectivity index (χ2n) is 29.6. The van der Waals surface area contributed by atoms with Crippen LogP contribution in [0.3, 0.4) is 0 Å². The summed E-state index contributed by atoms with van der Waals surface area (Å²) in [6, 6.07) is 113. The quantitative estimate of drug-likeness (QED) is 0.0365.